The third-order valence-corrected chi connectivity index (χ3v) is 2.10. The first-order valence-corrected chi connectivity index (χ1v) is 4.07. The molecule has 1 aliphatic heterocycles. The summed E-state index contributed by atoms with van der Waals surface area (Å²) < 4.78 is 0. The van der Waals surface area contributed by atoms with Crippen molar-refractivity contribution in [2.45, 2.75) is 12.8 Å². The lowest BCUT2D eigenvalue weighted by atomic mass is 9.98. The lowest BCUT2D eigenvalue weighted by Gasteiger charge is -2.27. The second kappa shape index (κ2) is 6.58. The van der Waals surface area contributed by atoms with Gasteiger partial charge in [-0.2, -0.15) is 0 Å². The van der Waals surface area contributed by atoms with E-state index < -0.39 is 0 Å². The van der Waals surface area contributed by atoms with Crippen molar-refractivity contribution in [2.75, 3.05) is 33.9 Å². The van der Waals surface area contributed by atoms with Crippen molar-refractivity contribution in [1.82, 2.24) is 4.90 Å². The van der Waals surface area contributed by atoms with Crippen LogP contribution in [0.15, 0.2) is 0 Å². The highest BCUT2D eigenvalue weighted by molar-refractivity contribution is 4.68. The number of aliphatic hydroxyl groups is 2. The number of piperidine rings is 1. The van der Waals surface area contributed by atoms with Crippen LogP contribution in [0.5, 0.6) is 0 Å². The first-order chi connectivity index (χ1) is 5.33. The Labute approximate surface area is 68.6 Å². The first-order valence-electron chi connectivity index (χ1n) is 4.07. The Kier molecular flexibility index (Phi) is 6.51. The van der Waals surface area contributed by atoms with Gasteiger partial charge in [0.2, 0.25) is 0 Å². The summed E-state index contributed by atoms with van der Waals surface area (Å²) in [5.41, 5.74) is 0. The van der Waals surface area contributed by atoms with E-state index in [2.05, 4.69) is 11.9 Å². The van der Waals surface area contributed by atoms with Crippen molar-refractivity contribution in [3.05, 3.63) is 0 Å². The van der Waals surface area contributed by atoms with Gasteiger partial charge in [-0.15, -0.1) is 0 Å². The van der Waals surface area contributed by atoms with Gasteiger partial charge in [0.25, 0.3) is 0 Å². The molecule has 1 saturated heterocycles. The lowest BCUT2D eigenvalue weighted by molar-refractivity contribution is 0.148. The molecule has 0 saturated carbocycles. The van der Waals surface area contributed by atoms with E-state index in [4.69, 9.17) is 10.2 Å². The molecule has 0 atom stereocenters. The third kappa shape index (κ3) is 4.35. The van der Waals surface area contributed by atoms with Crippen molar-refractivity contribution in [2.24, 2.45) is 5.92 Å². The molecule has 0 amide bonds. The van der Waals surface area contributed by atoms with Crippen LogP contribution in [0.25, 0.3) is 0 Å². The minimum Gasteiger partial charge on any atom is -0.400 e. The molecular formula is C8H19NO2. The van der Waals surface area contributed by atoms with Crippen LogP contribution < -0.4 is 0 Å². The first kappa shape index (κ1) is 10.9. The molecule has 2 N–H and O–H groups in total. The minimum absolute atomic E-state index is 0.383. The summed E-state index contributed by atoms with van der Waals surface area (Å²) in [5.74, 6) is 0.584. The molecule has 0 aromatic carbocycles. The van der Waals surface area contributed by atoms with E-state index in [-0.39, 0.29) is 0 Å². The minimum atomic E-state index is 0.383. The molecule has 0 aromatic rings. The van der Waals surface area contributed by atoms with Crippen molar-refractivity contribution >= 4 is 0 Å². The van der Waals surface area contributed by atoms with Crippen LogP contribution in [0.4, 0.5) is 0 Å². The largest absolute Gasteiger partial charge is 0.400 e. The van der Waals surface area contributed by atoms with E-state index in [1.165, 1.54) is 12.8 Å². The van der Waals surface area contributed by atoms with Gasteiger partial charge in [-0.1, -0.05) is 0 Å². The van der Waals surface area contributed by atoms with E-state index in [0.29, 0.717) is 12.5 Å². The van der Waals surface area contributed by atoms with E-state index in [1.807, 2.05) is 0 Å². The summed E-state index contributed by atoms with van der Waals surface area (Å²) in [6.07, 6.45) is 2.35. The number of rotatable bonds is 1. The summed E-state index contributed by atoms with van der Waals surface area (Å²) in [5, 5.41) is 15.8. The molecule has 1 aliphatic rings. The van der Waals surface area contributed by atoms with E-state index in [0.717, 1.165) is 20.2 Å². The van der Waals surface area contributed by atoms with E-state index in [1.54, 1.807) is 0 Å². The maximum atomic E-state index is 8.76. The van der Waals surface area contributed by atoms with Crippen LogP contribution in [0, 0.1) is 5.92 Å². The predicted molar refractivity (Wildman–Crippen MR) is 45.4 cm³/mol. The number of nitrogens with zero attached hydrogens (tertiary/aromatic N) is 1. The molecule has 0 radical (unpaired) electrons. The van der Waals surface area contributed by atoms with Gasteiger partial charge in [-0.25, -0.2) is 0 Å². The van der Waals surface area contributed by atoms with Gasteiger partial charge in [0, 0.05) is 13.7 Å². The molecule has 0 aromatic heterocycles. The van der Waals surface area contributed by atoms with Crippen LogP contribution in [0.2, 0.25) is 0 Å². The van der Waals surface area contributed by atoms with Crippen LogP contribution >= 0.6 is 0 Å². The van der Waals surface area contributed by atoms with Gasteiger partial charge in [-0.3, -0.25) is 0 Å². The molecule has 3 nitrogen and oxygen atoms in total. The number of likely N-dealkylation sites (tertiary alicyclic amines) is 1. The maximum absolute atomic E-state index is 8.76. The fraction of sp³-hybridized carbons (Fsp3) is 1.00. The SMILES string of the molecule is CN1CCC(CO)CC1.CO. The zero-order chi connectivity index (χ0) is 8.69. The number of hydrogen-bond acceptors (Lipinski definition) is 3. The highest BCUT2D eigenvalue weighted by atomic mass is 16.3. The Balaban J connectivity index is 0.000000461. The summed E-state index contributed by atoms with van der Waals surface area (Å²) >= 11 is 0. The molecule has 11 heavy (non-hydrogen) atoms. The van der Waals surface area contributed by atoms with Crippen LogP contribution in [-0.4, -0.2) is 49.0 Å². The molecule has 0 unspecified atom stereocenters. The Bertz CT molecular complexity index is 80.2. The molecule has 1 heterocycles. The third-order valence-electron chi connectivity index (χ3n) is 2.10. The quantitative estimate of drug-likeness (QED) is 0.566. The molecule has 0 spiro atoms. The van der Waals surface area contributed by atoms with Gasteiger partial charge in [0.1, 0.15) is 0 Å². The Morgan fingerprint density at radius 3 is 2.09 bits per heavy atom. The summed E-state index contributed by atoms with van der Waals surface area (Å²) in [6, 6.07) is 0. The normalized spacial score (nSPS) is 20.7. The standard InChI is InChI=1S/C7H15NO.CH4O/c1-8-4-2-7(6-9)3-5-8;1-2/h7,9H,2-6H2,1H3;2H,1H3. The Morgan fingerprint density at radius 2 is 1.73 bits per heavy atom. The Hall–Kier alpha value is -0.120. The average molecular weight is 161 g/mol. The van der Waals surface area contributed by atoms with Crippen molar-refractivity contribution in [3.63, 3.8) is 0 Å². The highest BCUT2D eigenvalue weighted by Crippen LogP contribution is 2.14. The van der Waals surface area contributed by atoms with Gasteiger partial charge in [-0.05, 0) is 38.9 Å². The van der Waals surface area contributed by atoms with Crippen molar-refractivity contribution < 1.29 is 10.2 Å². The molecule has 3 heteroatoms. The lowest BCUT2D eigenvalue weighted by Crippen LogP contribution is -2.31. The molecule has 1 rings (SSSR count). The predicted octanol–water partition coefficient (Wildman–Crippen LogP) is -0.0710. The fourth-order valence-electron chi connectivity index (χ4n) is 1.24. The van der Waals surface area contributed by atoms with Gasteiger partial charge < -0.3 is 15.1 Å². The van der Waals surface area contributed by atoms with E-state index in [9.17, 15) is 0 Å². The van der Waals surface area contributed by atoms with Crippen LogP contribution in [0.1, 0.15) is 12.8 Å². The molecule has 1 fully saturated rings. The van der Waals surface area contributed by atoms with Crippen molar-refractivity contribution in [1.29, 1.82) is 0 Å². The average Bonchev–Trinajstić information content (AvgIpc) is 2.10. The second-order valence-corrected chi connectivity index (χ2v) is 2.93. The topological polar surface area (TPSA) is 43.7 Å². The number of aliphatic hydroxyl groups excluding tert-OH is 2. The fourth-order valence-corrected chi connectivity index (χ4v) is 1.24. The Morgan fingerprint density at radius 1 is 1.27 bits per heavy atom. The summed E-state index contributed by atoms with van der Waals surface area (Å²) in [6.45, 7) is 2.70. The van der Waals surface area contributed by atoms with Gasteiger partial charge in [0.05, 0.1) is 0 Å². The zero-order valence-electron chi connectivity index (χ0n) is 7.45. The van der Waals surface area contributed by atoms with E-state index >= 15 is 0 Å². The van der Waals surface area contributed by atoms with Crippen molar-refractivity contribution in [3.8, 4) is 0 Å². The summed E-state index contributed by atoms with van der Waals surface area (Å²) in [7, 11) is 3.13. The number of hydrogen-bond donors (Lipinski definition) is 2. The smallest absolute Gasteiger partial charge is 0.0460 e. The second-order valence-electron chi connectivity index (χ2n) is 2.93. The highest BCUT2D eigenvalue weighted by Gasteiger charge is 2.14. The van der Waals surface area contributed by atoms with Crippen LogP contribution in [-0.2, 0) is 0 Å². The molecule has 68 valence electrons. The molecular weight excluding hydrogens is 142 g/mol. The monoisotopic (exact) mass is 161 g/mol. The summed E-state index contributed by atoms with van der Waals surface area (Å²) in [4.78, 5) is 2.31. The van der Waals surface area contributed by atoms with Gasteiger partial charge in [0.15, 0.2) is 0 Å². The van der Waals surface area contributed by atoms with Crippen LogP contribution in [0.3, 0.4) is 0 Å². The molecule has 0 bridgehead atoms. The zero-order valence-corrected chi connectivity index (χ0v) is 7.45. The molecule has 0 aliphatic carbocycles. The maximum Gasteiger partial charge on any atom is 0.0460 e. The van der Waals surface area contributed by atoms with Gasteiger partial charge >= 0.3 is 0 Å².